The molecule has 0 saturated heterocycles. The van der Waals surface area contributed by atoms with E-state index in [0.717, 1.165) is 0 Å². The summed E-state index contributed by atoms with van der Waals surface area (Å²) in [5.74, 6) is 0.998. The van der Waals surface area contributed by atoms with Gasteiger partial charge in [0.2, 0.25) is 0 Å². The van der Waals surface area contributed by atoms with Crippen LogP contribution in [0.2, 0.25) is 0 Å². The van der Waals surface area contributed by atoms with E-state index in [1.165, 1.54) is 14.0 Å². The third-order valence-corrected chi connectivity index (χ3v) is 3.32. The van der Waals surface area contributed by atoms with Crippen molar-refractivity contribution < 1.29 is 19.1 Å². The average molecular weight is 293 g/mol. The number of nitrogens with one attached hydrogen (secondary N) is 1. The molecule has 21 heavy (non-hydrogen) atoms. The Hall–Kier alpha value is -2.04. The topological polar surface area (TPSA) is 64.6 Å². The van der Waals surface area contributed by atoms with E-state index in [1.54, 1.807) is 18.2 Å². The molecule has 0 spiro atoms. The summed E-state index contributed by atoms with van der Waals surface area (Å²) in [4.78, 5) is 23.1. The normalized spacial score (nSPS) is 11.9. The van der Waals surface area contributed by atoms with Gasteiger partial charge in [0.1, 0.15) is 0 Å². The van der Waals surface area contributed by atoms with E-state index in [-0.39, 0.29) is 24.3 Å². The van der Waals surface area contributed by atoms with Crippen LogP contribution in [0.3, 0.4) is 0 Å². The Morgan fingerprint density at radius 3 is 2.38 bits per heavy atom. The first-order valence-corrected chi connectivity index (χ1v) is 6.96. The third kappa shape index (κ3) is 5.10. The first-order valence-electron chi connectivity index (χ1n) is 6.96. The minimum absolute atomic E-state index is 0.0525. The van der Waals surface area contributed by atoms with Crippen LogP contribution in [0.15, 0.2) is 18.2 Å². The molecule has 1 aromatic carbocycles. The van der Waals surface area contributed by atoms with Gasteiger partial charge in [-0.1, -0.05) is 13.8 Å². The van der Waals surface area contributed by atoms with Gasteiger partial charge in [-0.05, 0) is 38.0 Å². The predicted octanol–water partition coefficient (Wildman–Crippen LogP) is 2.44. The Balaban J connectivity index is 2.67. The van der Waals surface area contributed by atoms with Gasteiger partial charge in [0.15, 0.2) is 23.9 Å². The molecule has 0 heterocycles. The molecule has 1 amide bonds. The maximum atomic E-state index is 11.8. The highest BCUT2D eigenvalue weighted by Crippen LogP contribution is 2.28. The number of Topliss-reactive ketones (excluding diaryl/α,β-unsaturated/α-hetero) is 1. The van der Waals surface area contributed by atoms with Gasteiger partial charge in [0.25, 0.3) is 5.91 Å². The summed E-state index contributed by atoms with van der Waals surface area (Å²) in [7, 11) is 1.49. The number of benzene rings is 1. The Morgan fingerprint density at radius 2 is 1.86 bits per heavy atom. The molecule has 5 heteroatoms. The molecule has 0 aromatic heterocycles. The van der Waals surface area contributed by atoms with Crippen molar-refractivity contribution in [1.82, 2.24) is 5.32 Å². The largest absolute Gasteiger partial charge is 0.493 e. The summed E-state index contributed by atoms with van der Waals surface area (Å²) in [5, 5.41) is 2.86. The smallest absolute Gasteiger partial charge is 0.258 e. The lowest BCUT2D eigenvalue weighted by molar-refractivity contribution is -0.124. The Bertz CT molecular complexity index is 511. The van der Waals surface area contributed by atoms with E-state index < -0.39 is 0 Å². The minimum atomic E-state index is -0.186. The van der Waals surface area contributed by atoms with Gasteiger partial charge >= 0.3 is 0 Å². The highest BCUT2D eigenvalue weighted by Gasteiger charge is 2.13. The molecule has 0 radical (unpaired) electrons. The Kier molecular flexibility index (Phi) is 6.21. The molecule has 0 bridgehead atoms. The van der Waals surface area contributed by atoms with Crippen LogP contribution < -0.4 is 14.8 Å². The molecule has 116 valence electrons. The van der Waals surface area contributed by atoms with E-state index in [9.17, 15) is 9.59 Å². The molecule has 1 unspecified atom stereocenters. The highest BCUT2D eigenvalue weighted by atomic mass is 16.5. The lowest BCUT2D eigenvalue weighted by Gasteiger charge is -2.18. The number of ketones is 1. The van der Waals surface area contributed by atoms with Crippen molar-refractivity contribution in [3.8, 4) is 11.5 Å². The fourth-order valence-corrected chi connectivity index (χ4v) is 1.61. The van der Waals surface area contributed by atoms with Crippen molar-refractivity contribution in [1.29, 1.82) is 0 Å². The number of carbonyl (C=O) groups is 2. The maximum absolute atomic E-state index is 11.8. The van der Waals surface area contributed by atoms with Gasteiger partial charge in [-0.25, -0.2) is 0 Å². The lowest BCUT2D eigenvalue weighted by atomic mass is 10.1. The van der Waals surface area contributed by atoms with Crippen LogP contribution in [0.4, 0.5) is 0 Å². The quantitative estimate of drug-likeness (QED) is 0.784. The van der Waals surface area contributed by atoms with Crippen LogP contribution in [-0.2, 0) is 4.79 Å². The number of ether oxygens (including phenoxy) is 2. The zero-order valence-electron chi connectivity index (χ0n) is 13.2. The molecule has 0 aliphatic heterocycles. The monoisotopic (exact) mass is 293 g/mol. The molecular weight excluding hydrogens is 270 g/mol. The van der Waals surface area contributed by atoms with Crippen LogP contribution in [0.5, 0.6) is 11.5 Å². The fraction of sp³-hybridized carbons (Fsp3) is 0.500. The minimum Gasteiger partial charge on any atom is -0.493 e. The fourth-order valence-electron chi connectivity index (χ4n) is 1.61. The summed E-state index contributed by atoms with van der Waals surface area (Å²) in [6.07, 6.45) is 0. The SMILES string of the molecule is COc1cc(C(C)=O)ccc1OCC(=O)NC(C)C(C)C. The van der Waals surface area contributed by atoms with Crippen molar-refractivity contribution in [2.45, 2.75) is 33.7 Å². The molecule has 5 nitrogen and oxygen atoms in total. The van der Waals surface area contributed by atoms with Crippen molar-refractivity contribution in [3.63, 3.8) is 0 Å². The molecule has 1 atom stereocenters. The van der Waals surface area contributed by atoms with Crippen LogP contribution in [0.25, 0.3) is 0 Å². The summed E-state index contributed by atoms with van der Waals surface area (Å²) >= 11 is 0. The van der Waals surface area contributed by atoms with Gasteiger partial charge < -0.3 is 14.8 Å². The molecule has 0 fully saturated rings. The number of hydrogen-bond acceptors (Lipinski definition) is 4. The van der Waals surface area contributed by atoms with E-state index in [4.69, 9.17) is 9.47 Å². The Morgan fingerprint density at radius 1 is 1.19 bits per heavy atom. The van der Waals surface area contributed by atoms with Gasteiger partial charge in [-0.3, -0.25) is 9.59 Å². The van der Waals surface area contributed by atoms with Crippen LogP contribution in [0.1, 0.15) is 38.1 Å². The second-order valence-corrected chi connectivity index (χ2v) is 5.31. The van der Waals surface area contributed by atoms with Crippen LogP contribution in [0, 0.1) is 5.92 Å². The van der Waals surface area contributed by atoms with Crippen molar-refractivity contribution >= 4 is 11.7 Å². The standard InChI is InChI=1S/C16H23NO4/c1-10(2)11(3)17-16(19)9-21-14-7-6-13(12(4)18)8-15(14)20-5/h6-8,10-11H,9H2,1-5H3,(H,17,19). The number of amides is 1. The van der Waals surface area contributed by atoms with E-state index in [0.29, 0.717) is 23.0 Å². The van der Waals surface area contributed by atoms with Crippen molar-refractivity contribution in [2.24, 2.45) is 5.92 Å². The van der Waals surface area contributed by atoms with Crippen LogP contribution in [-0.4, -0.2) is 31.4 Å². The van der Waals surface area contributed by atoms with Gasteiger partial charge in [0, 0.05) is 11.6 Å². The zero-order chi connectivity index (χ0) is 16.0. The van der Waals surface area contributed by atoms with Gasteiger partial charge in [-0.2, -0.15) is 0 Å². The second kappa shape index (κ2) is 7.67. The molecule has 1 aromatic rings. The van der Waals surface area contributed by atoms with E-state index in [1.807, 2.05) is 20.8 Å². The maximum Gasteiger partial charge on any atom is 0.258 e. The predicted molar refractivity (Wildman–Crippen MR) is 80.9 cm³/mol. The molecule has 0 aliphatic carbocycles. The number of carbonyl (C=O) groups excluding carboxylic acids is 2. The molecule has 0 saturated carbocycles. The Labute approximate surface area is 125 Å². The van der Waals surface area contributed by atoms with Gasteiger partial charge in [0.05, 0.1) is 7.11 Å². The number of rotatable bonds is 7. The summed E-state index contributed by atoms with van der Waals surface area (Å²) in [6, 6.07) is 4.97. The first kappa shape index (κ1) is 17.0. The van der Waals surface area contributed by atoms with Gasteiger partial charge in [-0.15, -0.1) is 0 Å². The number of hydrogen-bond donors (Lipinski definition) is 1. The summed E-state index contributed by atoms with van der Waals surface area (Å²) in [6.45, 7) is 7.42. The lowest BCUT2D eigenvalue weighted by Crippen LogP contribution is -2.38. The molecule has 1 N–H and O–H groups in total. The van der Waals surface area contributed by atoms with Crippen molar-refractivity contribution in [2.75, 3.05) is 13.7 Å². The summed E-state index contributed by atoms with van der Waals surface area (Å²) < 4.78 is 10.6. The number of methoxy groups -OCH3 is 1. The molecule has 1 rings (SSSR count). The molecule has 0 aliphatic rings. The third-order valence-electron chi connectivity index (χ3n) is 3.32. The van der Waals surface area contributed by atoms with E-state index in [2.05, 4.69) is 5.32 Å². The first-order chi connectivity index (χ1) is 9.85. The molecular formula is C16H23NO4. The summed E-state index contributed by atoms with van der Waals surface area (Å²) in [5.41, 5.74) is 0.539. The van der Waals surface area contributed by atoms with Crippen molar-refractivity contribution in [3.05, 3.63) is 23.8 Å². The van der Waals surface area contributed by atoms with E-state index >= 15 is 0 Å². The van der Waals surface area contributed by atoms with Crippen LogP contribution >= 0.6 is 0 Å². The second-order valence-electron chi connectivity index (χ2n) is 5.31. The average Bonchev–Trinajstić information content (AvgIpc) is 2.44. The highest BCUT2D eigenvalue weighted by molar-refractivity contribution is 5.94. The zero-order valence-corrected chi connectivity index (χ0v) is 13.2.